The molecule has 3 nitrogen and oxygen atoms in total. The minimum absolute atomic E-state index is 0.0690. The SMILES string of the molecule is [N-]=[N+]=NCc1cccc(C(F)(F)F)c1. The molecule has 0 heterocycles. The van der Waals surface area contributed by atoms with Crippen LogP contribution >= 0.6 is 0 Å². The molecule has 0 bridgehead atoms. The van der Waals surface area contributed by atoms with Gasteiger partial charge in [-0.3, -0.25) is 0 Å². The molecule has 0 aliphatic rings. The predicted molar refractivity (Wildman–Crippen MR) is 44.3 cm³/mol. The Balaban J connectivity index is 2.95. The highest BCUT2D eigenvalue weighted by molar-refractivity contribution is 5.25. The van der Waals surface area contributed by atoms with Crippen molar-refractivity contribution in [1.29, 1.82) is 0 Å². The highest BCUT2D eigenvalue weighted by Crippen LogP contribution is 2.29. The van der Waals surface area contributed by atoms with E-state index in [4.69, 9.17) is 5.53 Å². The molecule has 0 amide bonds. The standard InChI is InChI=1S/C8H6F3N3/c9-8(10,11)7-3-1-2-6(4-7)5-13-14-12/h1-4H,5H2. The molecule has 1 aromatic rings. The van der Waals surface area contributed by atoms with Crippen molar-refractivity contribution in [2.75, 3.05) is 0 Å². The summed E-state index contributed by atoms with van der Waals surface area (Å²) >= 11 is 0. The summed E-state index contributed by atoms with van der Waals surface area (Å²) in [6.45, 7) is -0.0690. The third kappa shape index (κ3) is 2.67. The van der Waals surface area contributed by atoms with E-state index in [1.807, 2.05) is 0 Å². The molecule has 0 N–H and O–H groups in total. The predicted octanol–water partition coefficient (Wildman–Crippen LogP) is 3.52. The first-order valence-corrected chi connectivity index (χ1v) is 3.71. The summed E-state index contributed by atoms with van der Waals surface area (Å²) in [5.74, 6) is 0. The number of azide groups is 1. The monoisotopic (exact) mass is 201 g/mol. The second kappa shape index (κ2) is 4.02. The van der Waals surface area contributed by atoms with Gasteiger partial charge in [0.15, 0.2) is 0 Å². The average molecular weight is 201 g/mol. The number of rotatable bonds is 2. The van der Waals surface area contributed by atoms with E-state index in [2.05, 4.69) is 10.0 Å². The molecule has 0 saturated carbocycles. The summed E-state index contributed by atoms with van der Waals surface area (Å²) in [5.41, 5.74) is 7.60. The number of alkyl halides is 3. The van der Waals surface area contributed by atoms with E-state index in [1.54, 1.807) is 0 Å². The molecule has 0 spiro atoms. The minimum atomic E-state index is -4.35. The maximum Gasteiger partial charge on any atom is 0.416 e. The van der Waals surface area contributed by atoms with E-state index in [9.17, 15) is 13.2 Å². The van der Waals surface area contributed by atoms with Crippen LogP contribution in [0.25, 0.3) is 10.4 Å². The van der Waals surface area contributed by atoms with E-state index in [0.717, 1.165) is 12.1 Å². The highest BCUT2D eigenvalue weighted by atomic mass is 19.4. The zero-order valence-corrected chi connectivity index (χ0v) is 6.99. The van der Waals surface area contributed by atoms with Gasteiger partial charge >= 0.3 is 6.18 Å². The van der Waals surface area contributed by atoms with Crippen molar-refractivity contribution in [2.45, 2.75) is 12.7 Å². The van der Waals surface area contributed by atoms with E-state index >= 15 is 0 Å². The van der Waals surface area contributed by atoms with E-state index in [0.29, 0.717) is 5.56 Å². The number of hydrogen-bond donors (Lipinski definition) is 0. The molecular weight excluding hydrogens is 195 g/mol. The summed E-state index contributed by atoms with van der Waals surface area (Å²) in [5, 5.41) is 3.18. The highest BCUT2D eigenvalue weighted by Gasteiger charge is 2.30. The number of benzene rings is 1. The summed E-state index contributed by atoms with van der Waals surface area (Å²) in [4.78, 5) is 2.47. The lowest BCUT2D eigenvalue weighted by Gasteiger charge is -2.06. The molecule has 1 aromatic carbocycles. The Bertz CT molecular complexity index is 366. The quantitative estimate of drug-likeness (QED) is 0.399. The van der Waals surface area contributed by atoms with Gasteiger partial charge in [-0.2, -0.15) is 13.2 Å². The third-order valence-electron chi connectivity index (χ3n) is 1.57. The minimum Gasteiger partial charge on any atom is -0.166 e. The van der Waals surface area contributed by atoms with Gasteiger partial charge in [0.25, 0.3) is 0 Å². The van der Waals surface area contributed by atoms with Crippen molar-refractivity contribution in [3.63, 3.8) is 0 Å². The average Bonchev–Trinajstić information content (AvgIpc) is 2.14. The van der Waals surface area contributed by atoms with Gasteiger partial charge in [-0.15, -0.1) is 0 Å². The smallest absolute Gasteiger partial charge is 0.166 e. The van der Waals surface area contributed by atoms with Gasteiger partial charge in [-0.1, -0.05) is 23.3 Å². The Morgan fingerprint density at radius 1 is 1.36 bits per heavy atom. The zero-order chi connectivity index (χ0) is 10.6. The molecule has 74 valence electrons. The molecule has 0 atom stereocenters. The molecule has 0 aromatic heterocycles. The van der Waals surface area contributed by atoms with Crippen LogP contribution in [0.1, 0.15) is 11.1 Å². The Kier molecular flexibility index (Phi) is 2.99. The fraction of sp³-hybridized carbons (Fsp3) is 0.250. The van der Waals surface area contributed by atoms with E-state index in [1.165, 1.54) is 12.1 Å². The molecule has 0 unspecified atom stereocenters. The van der Waals surface area contributed by atoms with Crippen LogP contribution < -0.4 is 0 Å². The molecule has 1 rings (SSSR count). The molecule has 0 aliphatic carbocycles. The summed E-state index contributed by atoms with van der Waals surface area (Å²) in [6.07, 6.45) is -4.35. The fourth-order valence-electron chi connectivity index (χ4n) is 0.959. The molecule has 14 heavy (non-hydrogen) atoms. The van der Waals surface area contributed by atoms with Gasteiger partial charge in [0.1, 0.15) is 0 Å². The van der Waals surface area contributed by atoms with Crippen LogP contribution in [0.4, 0.5) is 13.2 Å². The zero-order valence-electron chi connectivity index (χ0n) is 6.99. The maximum atomic E-state index is 12.2. The van der Waals surface area contributed by atoms with Gasteiger partial charge in [-0.25, -0.2) is 0 Å². The second-order valence-electron chi connectivity index (χ2n) is 2.59. The van der Waals surface area contributed by atoms with Gasteiger partial charge in [0.05, 0.1) is 12.1 Å². The first-order chi connectivity index (χ1) is 6.54. The number of hydrogen-bond acceptors (Lipinski definition) is 1. The van der Waals surface area contributed by atoms with Crippen LogP contribution in [0.3, 0.4) is 0 Å². The van der Waals surface area contributed by atoms with Crippen LogP contribution in [-0.2, 0) is 12.7 Å². The largest absolute Gasteiger partial charge is 0.416 e. The molecule has 0 saturated heterocycles. The maximum absolute atomic E-state index is 12.2. The van der Waals surface area contributed by atoms with Crippen molar-refractivity contribution in [1.82, 2.24) is 0 Å². The Morgan fingerprint density at radius 3 is 2.64 bits per heavy atom. The summed E-state index contributed by atoms with van der Waals surface area (Å²) in [7, 11) is 0. The lowest BCUT2D eigenvalue weighted by Crippen LogP contribution is -2.04. The van der Waals surface area contributed by atoms with Crippen LogP contribution in [0.2, 0.25) is 0 Å². The fourth-order valence-corrected chi connectivity index (χ4v) is 0.959. The van der Waals surface area contributed by atoms with E-state index in [-0.39, 0.29) is 6.54 Å². The summed E-state index contributed by atoms with van der Waals surface area (Å²) < 4.78 is 36.6. The van der Waals surface area contributed by atoms with E-state index < -0.39 is 11.7 Å². The van der Waals surface area contributed by atoms with Crippen LogP contribution in [0.15, 0.2) is 29.4 Å². The van der Waals surface area contributed by atoms with Gasteiger partial charge in [-0.05, 0) is 17.2 Å². The second-order valence-corrected chi connectivity index (χ2v) is 2.59. The van der Waals surface area contributed by atoms with Crippen LogP contribution in [0.5, 0.6) is 0 Å². The molecule has 0 fully saturated rings. The van der Waals surface area contributed by atoms with Crippen LogP contribution in [-0.4, -0.2) is 0 Å². The van der Waals surface area contributed by atoms with Gasteiger partial charge < -0.3 is 0 Å². The lowest BCUT2D eigenvalue weighted by molar-refractivity contribution is -0.137. The molecule has 0 aliphatic heterocycles. The topological polar surface area (TPSA) is 48.8 Å². The Labute approximate surface area is 77.8 Å². The first kappa shape index (κ1) is 10.4. The van der Waals surface area contributed by atoms with Crippen molar-refractivity contribution in [2.24, 2.45) is 5.11 Å². The Morgan fingerprint density at radius 2 is 2.07 bits per heavy atom. The Hall–Kier alpha value is -1.68. The van der Waals surface area contributed by atoms with Crippen molar-refractivity contribution in [3.8, 4) is 0 Å². The van der Waals surface area contributed by atoms with Crippen molar-refractivity contribution < 1.29 is 13.2 Å². The molecule has 6 heteroatoms. The molecular formula is C8H6F3N3. The lowest BCUT2D eigenvalue weighted by atomic mass is 10.1. The normalized spacial score (nSPS) is 10.8. The third-order valence-corrected chi connectivity index (χ3v) is 1.57. The van der Waals surface area contributed by atoms with Crippen LogP contribution in [0, 0.1) is 0 Å². The molecule has 0 radical (unpaired) electrons. The first-order valence-electron chi connectivity index (χ1n) is 3.71. The van der Waals surface area contributed by atoms with Gasteiger partial charge in [0, 0.05) is 4.91 Å². The van der Waals surface area contributed by atoms with Crippen molar-refractivity contribution >= 4 is 0 Å². The summed E-state index contributed by atoms with van der Waals surface area (Å²) in [6, 6.07) is 4.70. The van der Waals surface area contributed by atoms with Gasteiger partial charge in [0.2, 0.25) is 0 Å². The van der Waals surface area contributed by atoms with Crippen molar-refractivity contribution in [3.05, 3.63) is 45.8 Å². The number of nitrogens with zero attached hydrogens (tertiary/aromatic N) is 3. The number of halogens is 3.